The Labute approximate surface area is 140 Å². The van der Waals surface area contributed by atoms with E-state index >= 15 is 0 Å². The van der Waals surface area contributed by atoms with Gasteiger partial charge < -0.3 is 10.2 Å². The number of halogens is 3. The second-order valence-electron chi connectivity index (χ2n) is 5.91. The minimum absolute atomic E-state index is 0.404. The molecule has 1 aromatic carbocycles. The summed E-state index contributed by atoms with van der Waals surface area (Å²) in [5.41, 5.74) is 0.0918. The number of nitrogens with zero attached hydrogens (tertiary/aromatic N) is 3. The molecule has 1 atom stereocenters. The van der Waals surface area contributed by atoms with Gasteiger partial charge in [0.1, 0.15) is 12.1 Å². The molecule has 0 aliphatic carbocycles. The van der Waals surface area contributed by atoms with Crippen molar-refractivity contribution in [1.29, 1.82) is 0 Å². The van der Waals surface area contributed by atoms with Crippen molar-refractivity contribution >= 4 is 37.5 Å². The highest BCUT2D eigenvalue weighted by Gasteiger charge is 2.31. The van der Waals surface area contributed by atoms with Crippen LogP contribution in [0.25, 0.3) is 20.3 Å². The Morgan fingerprint density at radius 3 is 2.83 bits per heavy atom. The van der Waals surface area contributed by atoms with Crippen LogP contribution >= 0.6 is 11.3 Å². The lowest BCUT2D eigenvalue weighted by Crippen LogP contribution is -2.29. The zero-order valence-corrected chi connectivity index (χ0v) is 13.7. The largest absolute Gasteiger partial charge is 0.416 e. The average Bonchev–Trinajstić information content (AvgIpc) is 3.17. The zero-order valence-electron chi connectivity index (χ0n) is 12.9. The predicted octanol–water partition coefficient (Wildman–Crippen LogP) is 3.66. The minimum Gasteiger partial charge on any atom is -0.354 e. The molecule has 1 fully saturated rings. The number of aromatic nitrogens is 2. The Kier molecular flexibility index (Phi) is 3.61. The molecule has 0 radical (unpaired) electrons. The van der Waals surface area contributed by atoms with E-state index in [0.29, 0.717) is 10.7 Å². The van der Waals surface area contributed by atoms with Crippen LogP contribution < -0.4 is 10.2 Å². The summed E-state index contributed by atoms with van der Waals surface area (Å²) in [4.78, 5) is 10.9. The molecule has 3 aromatic rings. The topological polar surface area (TPSA) is 41.0 Å². The van der Waals surface area contributed by atoms with Gasteiger partial charge in [0.25, 0.3) is 0 Å². The number of nitrogens with one attached hydrogen (secondary N) is 1. The highest BCUT2D eigenvalue weighted by molar-refractivity contribution is 7.26. The maximum absolute atomic E-state index is 12.9. The van der Waals surface area contributed by atoms with Gasteiger partial charge >= 0.3 is 6.18 Å². The molecule has 0 saturated carbocycles. The Balaban J connectivity index is 1.85. The van der Waals surface area contributed by atoms with Crippen LogP contribution in [-0.4, -0.2) is 36.1 Å². The van der Waals surface area contributed by atoms with Crippen LogP contribution in [0.15, 0.2) is 24.5 Å². The molecule has 4 nitrogen and oxygen atoms in total. The first-order valence-electron chi connectivity index (χ1n) is 7.64. The standard InChI is InChI=1S/C16H15F3N4S/c1-20-10-4-5-23(7-10)15-14-13(21-8-22-15)11-3-2-9(16(17,18)19)6-12(11)24-14/h2-3,6,8,10,20H,4-5,7H2,1H3/t10-/m1/s1. The molecule has 4 rings (SSSR count). The van der Waals surface area contributed by atoms with Gasteiger partial charge in [-0.2, -0.15) is 13.2 Å². The Morgan fingerprint density at radius 2 is 2.12 bits per heavy atom. The highest BCUT2D eigenvalue weighted by atomic mass is 32.1. The molecule has 8 heteroatoms. The van der Waals surface area contributed by atoms with Crippen molar-refractivity contribution in [3.63, 3.8) is 0 Å². The molecular formula is C16H15F3N4S. The summed E-state index contributed by atoms with van der Waals surface area (Å²) in [5.74, 6) is 0.813. The number of hydrogen-bond donors (Lipinski definition) is 1. The van der Waals surface area contributed by atoms with Gasteiger partial charge in [-0.25, -0.2) is 9.97 Å². The Hall–Kier alpha value is -1.93. The first kappa shape index (κ1) is 15.6. The van der Waals surface area contributed by atoms with E-state index in [1.165, 1.54) is 29.8 Å². The molecule has 2 aromatic heterocycles. The van der Waals surface area contributed by atoms with Crippen LogP contribution in [0.5, 0.6) is 0 Å². The van der Waals surface area contributed by atoms with Crippen molar-refractivity contribution < 1.29 is 13.2 Å². The van der Waals surface area contributed by atoms with Crippen molar-refractivity contribution in [3.05, 3.63) is 30.1 Å². The number of fused-ring (bicyclic) bond motifs is 3. The molecule has 0 amide bonds. The normalized spacial score (nSPS) is 18.8. The first-order chi connectivity index (χ1) is 11.5. The van der Waals surface area contributed by atoms with E-state index in [4.69, 9.17) is 0 Å². The van der Waals surface area contributed by atoms with Gasteiger partial charge in [-0.05, 0) is 25.6 Å². The summed E-state index contributed by atoms with van der Waals surface area (Å²) in [6, 6.07) is 4.23. The van der Waals surface area contributed by atoms with Crippen molar-refractivity contribution in [3.8, 4) is 0 Å². The second-order valence-corrected chi connectivity index (χ2v) is 6.96. The second kappa shape index (κ2) is 5.56. The number of anilines is 1. The first-order valence-corrected chi connectivity index (χ1v) is 8.45. The number of thiophene rings is 1. The highest BCUT2D eigenvalue weighted by Crippen LogP contribution is 2.40. The van der Waals surface area contributed by atoms with E-state index < -0.39 is 11.7 Å². The SMILES string of the molecule is CN[C@@H]1CCN(c2ncnc3c2sc2cc(C(F)(F)F)ccc23)C1. The molecule has 24 heavy (non-hydrogen) atoms. The summed E-state index contributed by atoms with van der Waals surface area (Å²) < 4.78 is 40.3. The van der Waals surface area contributed by atoms with E-state index in [9.17, 15) is 13.2 Å². The lowest BCUT2D eigenvalue weighted by atomic mass is 10.1. The lowest BCUT2D eigenvalue weighted by molar-refractivity contribution is -0.137. The Morgan fingerprint density at radius 1 is 1.29 bits per heavy atom. The van der Waals surface area contributed by atoms with Crippen LogP contribution in [0.2, 0.25) is 0 Å². The lowest BCUT2D eigenvalue weighted by Gasteiger charge is -2.17. The number of benzene rings is 1. The fraction of sp³-hybridized carbons (Fsp3) is 0.375. The van der Waals surface area contributed by atoms with E-state index in [-0.39, 0.29) is 0 Å². The van der Waals surface area contributed by atoms with Gasteiger partial charge in [-0.1, -0.05) is 6.07 Å². The molecule has 3 heterocycles. The molecule has 1 aliphatic heterocycles. The minimum atomic E-state index is -4.34. The van der Waals surface area contributed by atoms with E-state index in [0.717, 1.165) is 47.0 Å². The maximum Gasteiger partial charge on any atom is 0.416 e. The van der Waals surface area contributed by atoms with E-state index in [2.05, 4.69) is 20.2 Å². The molecule has 1 saturated heterocycles. The summed E-state index contributed by atoms with van der Waals surface area (Å²) in [6.45, 7) is 1.71. The van der Waals surface area contributed by atoms with Crippen molar-refractivity contribution in [2.24, 2.45) is 0 Å². The smallest absolute Gasteiger partial charge is 0.354 e. The van der Waals surface area contributed by atoms with Crippen molar-refractivity contribution in [2.75, 3.05) is 25.0 Å². The molecule has 1 N–H and O–H groups in total. The average molecular weight is 352 g/mol. The number of hydrogen-bond acceptors (Lipinski definition) is 5. The van der Waals surface area contributed by atoms with Crippen LogP contribution in [-0.2, 0) is 6.18 Å². The Bertz CT molecular complexity index is 905. The number of likely N-dealkylation sites (N-methyl/N-ethyl adjacent to an activating group) is 1. The predicted molar refractivity (Wildman–Crippen MR) is 89.6 cm³/mol. The number of rotatable bonds is 2. The van der Waals surface area contributed by atoms with Crippen LogP contribution in [0.3, 0.4) is 0 Å². The maximum atomic E-state index is 12.9. The van der Waals surface area contributed by atoms with Crippen molar-refractivity contribution in [1.82, 2.24) is 15.3 Å². The van der Waals surface area contributed by atoms with Gasteiger partial charge in [-0.3, -0.25) is 0 Å². The van der Waals surface area contributed by atoms with Gasteiger partial charge in [0.2, 0.25) is 0 Å². The molecule has 0 spiro atoms. The molecule has 126 valence electrons. The third kappa shape index (κ3) is 2.50. The third-order valence-corrected chi connectivity index (χ3v) is 5.59. The zero-order chi connectivity index (χ0) is 16.9. The van der Waals surface area contributed by atoms with E-state index in [1.807, 2.05) is 7.05 Å². The summed E-state index contributed by atoms with van der Waals surface area (Å²) in [5, 5.41) is 4.00. The summed E-state index contributed by atoms with van der Waals surface area (Å²) in [7, 11) is 1.93. The van der Waals surface area contributed by atoms with Gasteiger partial charge in [-0.15, -0.1) is 11.3 Å². The van der Waals surface area contributed by atoms with Crippen molar-refractivity contribution in [2.45, 2.75) is 18.6 Å². The third-order valence-electron chi connectivity index (χ3n) is 4.46. The van der Waals surface area contributed by atoms with Crippen LogP contribution in [0, 0.1) is 0 Å². The fourth-order valence-electron chi connectivity index (χ4n) is 3.15. The van der Waals surface area contributed by atoms with Crippen LogP contribution in [0.1, 0.15) is 12.0 Å². The van der Waals surface area contributed by atoms with Gasteiger partial charge in [0, 0.05) is 29.2 Å². The quantitative estimate of drug-likeness (QED) is 0.764. The monoisotopic (exact) mass is 352 g/mol. The number of alkyl halides is 3. The van der Waals surface area contributed by atoms with Crippen LogP contribution in [0.4, 0.5) is 19.0 Å². The van der Waals surface area contributed by atoms with Gasteiger partial charge in [0.15, 0.2) is 0 Å². The fourth-order valence-corrected chi connectivity index (χ4v) is 4.37. The molecule has 0 bridgehead atoms. The summed E-state index contributed by atoms with van der Waals surface area (Å²) >= 11 is 1.33. The summed E-state index contributed by atoms with van der Waals surface area (Å²) in [6.07, 6.45) is -1.83. The van der Waals surface area contributed by atoms with E-state index in [1.54, 1.807) is 0 Å². The van der Waals surface area contributed by atoms with Gasteiger partial charge in [0.05, 0.1) is 15.8 Å². The molecular weight excluding hydrogens is 337 g/mol. The molecule has 0 unspecified atom stereocenters. The molecule has 1 aliphatic rings.